The number of non-ortho nitro benzene ring substituents is 1. The number of nitrogens with one attached hydrogen (secondary N) is 2. The van der Waals surface area contributed by atoms with Gasteiger partial charge in [-0.05, 0) is 54.7 Å². The zero-order chi connectivity index (χ0) is 28.9. The van der Waals surface area contributed by atoms with Gasteiger partial charge in [0.2, 0.25) is 5.91 Å². The van der Waals surface area contributed by atoms with E-state index in [1.54, 1.807) is 37.6 Å². The number of rotatable bonds is 10. The van der Waals surface area contributed by atoms with Gasteiger partial charge in [0, 0.05) is 25.2 Å². The Hall–Kier alpha value is -4.97. The van der Waals surface area contributed by atoms with Crippen molar-refractivity contribution in [3.63, 3.8) is 0 Å². The van der Waals surface area contributed by atoms with Crippen molar-refractivity contribution in [2.75, 3.05) is 26.1 Å². The molecule has 210 valence electrons. The van der Waals surface area contributed by atoms with Crippen molar-refractivity contribution in [2.24, 2.45) is 0 Å². The fourth-order valence-electron chi connectivity index (χ4n) is 4.79. The molecule has 1 aliphatic heterocycles. The summed E-state index contributed by atoms with van der Waals surface area (Å²) in [4.78, 5) is 30.1. The lowest BCUT2D eigenvalue weighted by Crippen LogP contribution is -2.32. The molecule has 4 aromatic rings. The molecule has 1 amide bonds. The molecule has 1 fully saturated rings. The van der Waals surface area contributed by atoms with Crippen LogP contribution in [0.1, 0.15) is 30.0 Å². The third-order valence-electron chi connectivity index (χ3n) is 6.74. The molecule has 11 nitrogen and oxygen atoms in total. The van der Waals surface area contributed by atoms with Gasteiger partial charge in [-0.15, -0.1) is 0 Å². The Labute approximate surface area is 241 Å². The Bertz CT molecular complexity index is 1580. The number of carbonyl (C=O) groups is 1. The van der Waals surface area contributed by atoms with Crippen LogP contribution in [-0.4, -0.2) is 46.6 Å². The number of thiocarbonyl (C=S) groups is 1. The van der Waals surface area contributed by atoms with Crippen molar-refractivity contribution in [2.45, 2.75) is 18.5 Å². The van der Waals surface area contributed by atoms with Gasteiger partial charge in [-0.25, -0.2) is 0 Å². The van der Waals surface area contributed by atoms with Gasteiger partial charge in [-0.1, -0.05) is 18.2 Å². The number of methoxy groups -OCH3 is 2. The van der Waals surface area contributed by atoms with Crippen molar-refractivity contribution < 1.29 is 23.6 Å². The first-order valence-corrected chi connectivity index (χ1v) is 13.1. The molecule has 0 spiro atoms. The Morgan fingerprint density at radius 1 is 1.10 bits per heavy atom. The van der Waals surface area contributed by atoms with Crippen LogP contribution in [0.4, 0.5) is 11.4 Å². The highest BCUT2D eigenvalue weighted by Crippen LogP contribution is 2.42. The van der Waals surface area contributed by atoms with E-state index in [2.05, 4.69) is 15.6 Å². The molecule has 2 atom stereocenters. The van der Waals surface area contributed by atoms with Crippen LogP contribution in [0.15, 0.2) is 83.4 Å². The summed E-state index contributed by atoms with van der Waals surface area (Å²) < 4.78 is 17.1. The third kappa shape index (κ3) is 5.82. The molecule has 0 aliphatic carbocycles. The number of hydrogen-bond acceptors (Lipinski definition) is 8. The van der Waals surface area contributed by atoms with Gasteiger partial charge in [0.1, 0.15) is 29.1 Å². The van der Waals surface area contributed by atoms with E-state index >= 15 is 0 Å². The number of para-hydroxylation sites is 2. The Morgan fingerprint density at radius 3 is 2.61 bits per heavy atom. The summed E-state index contributed by atoms with van der Waals surface area (Å²) in [6.07, 6.45) is 1.85. The van der Waals surface area contributed by atoms with Crippen LogP contribution < -0.4 is 20.1 Å². The normalized spacial score (nSPS) is 16.2. The van der Waals surface area contributed by atoms with Crippen molar-refractivity contribution in [3.8, 4) is 22.8 Å². The molecule has 2 aromatic carbocycles. The third-order valence-corrected chi connectivity index (χ3v) is 7.09. The van der Waals surface area contributed by atoms with Gasteiger partial charge in [0.15, 0.2) is 5.11 Å². The summed E-state index contributed by atoms with van der Waals surface area (Å²) >= 11 is 5.70. The number of nitrogens with zero attached hydrogens (tertiary/aromatic N) is 3. The quantitative estimate of drug-likeness (QED) is 0.147. The van der Waals surface area contributed by atoms with E-state index in [4.69, 9.17) is 26.1 Å². The molecule has 0 radical (unpaired) electrons. The molecular formula is C29H27N5O6S. The average molecular weight is 574 g/mol. The SMILES string of the molecule is COc1ccccc1NC(=O)CCN1C(=S)NC(c2ccccn2)C1c1ccc(-c2ccc([N+](=O)[O-])cc2OC)o1. The van der Waals surface area contributed by atoms with Crippen LogP contribution in [-0.2, 0) is 4.79 Å². The topological polar surface area (TPSA) is 132 Å². The molecule has 1 aliphatic rings. The number of benzene rings is 2. The first kappa shape index (κ1) is 27.6. The molecular weight excluding hydrogens is 546 g/mol. The minimum absolute atomic E-state index is 0.0875. The summed E-state index contributed by atoms with van der Waals surface area (Å²) in [7, 11) is 2.99. The van der Waals surface area contributed by atoms with E-state index in [-0.39, 0.29) is 24.1 Å². The number of aromatic nitrogens is 1. The second-order valence-electron chi connectivity index (χ2n) is 9.16. The molecule has 41 heavy (non-hydrogen) atoms. The zero-order valence-corrected chi connectivity index (χ0v) is 23.1. The molecule has 2 unspecified atom stereocenters. The molecule has 1 saturated heterocycles. The van der Waals surface area contributed by atoms with Gasteiger partial charge >= 0.3 is 0 Å². The highest BCUT2D eigenvalue weighted by molar-refractivity contribution is 7.80. The molecule has 2 aromatic heterocycles. The Kier molecular flexibility index (Phi) is 8.11. The number of pyridine rings is 1. The molecule has 0 saturated carbocycles. The highest BCUT2D eigenvalue weighted by atomic mass is 32.1. The average Bonchev–Trinajstić information content (AvgIpc) is 3.60. The molecule has 0 bridgehead atoms. The van der Waals surface area contributed by atoms with Gasteiger partial charge in [-0.3, -0.25) is 19.9 Å². The van der Waals surface area contributed by atoms with Crippen molar-refractivity contribution in [3.05, 3.63) is 101 Å². The first-order chi connectivity index (χ1) is 19.9. The Morgan fingerprint density at radius 2 is 1.88 bits per heavy atom. The lowest BCUT2D eigenvalue weighted by atomic mass is 10.0. The van der Waals surface area contributed by atoms with E-state index in [1.807, 2.05) is 41.3 Å². The van der Waals surface area contributed by atoms with Crippen LogP contribution in [0.5, 0.6) is 11.5 Å². The van der Waals surface area contributed by atoms with Gasteiger partial charge in [0.25, 0.3) is 5.69 Å². The monoisotopic (exact) mass is 573 g/mol. The predicted molar refractivity (Wildman–Crippen MR) is 156 cm³/mol. The van der Waals surface area contributed by atoms with Crippen LogP contribution in [0.2, 0.25) is 0 Å². The number of nitro groups is 1. The van der Waals surface area contributed by atoms with Crippen LogP contribution in [0, 0.1) is 10.1 Å². The number of furan rings is 1. The summed E-state index contributed by atoms with van der Waals surface area (Å²) in [5, 5.41) is 17.9. The van der Waals surface area contributed by atoms with Gasteiger partial charge in [0.05, 0.1) is 48.2 Å². The fourth-order valence-corrected chi connectivity index (χ4v) is 5.12. The van der Waals surface area contributed by atoms with Crippen LogP contribution in [0.25, 0.3) is 11.3 Å². The van der Waals surface area contributed by atoms with Crippen molar-refractivity contribution in [1.29, 1.82) is 0 Å². The van der Waals surface area contributed by atoms with E-state index in [9.17, 15) is 14.9 Å². The van der Waals surface area contributed by atoms with Gasteiger partial charge in [-0.2, -0.15) is 0 Å². The standard InChI is InChI=1S/C29H27N5O6S/c1-38-23-9-4-3-7-20(23)31-26(35)14-16-33-28(27(32-29(33)41)21-8-5-6-15-30-21)24-13-12-22(40-24)19-11-10-18(34(36)37)17-25(19)39-2/h3-13,15,17,27-28H,14,16H2,1-2H3,(H,31,35)(H,32,41). The second kappa shape index (κ2) is 12.0. The molecule has 12 heteroatoms. The molecule has 2 N–H and O–H groups in total. The number of amides is 1. The minimum Gasteiger partial charge on any atom is -0.496 e. The van der Waals surface area contributed by atoms with Gasteiger partial charge < -0.3 is 29.4 Å². The maximum atomic E-state index is 12.9. The van der Waals surface area contributed by atoms with E-state index in [1.165, 1.54) is 19.2 Å². The maximum Gasteiger partial charge on any atom is 0.273 e. The van der Waals surface area contributed by atoms with E-state index in [0.717, 1.165) is 5.69 Å². The first-order valence-electron chi connectivity index (χ1n) is 12.7. The van der Waals surface area contributed by atoms with Crippen LogP contribution in [0.3, 0.4) is 0 Å². The fraction of sp³-hybridized carbons (Fsp3) is 0.207. The number of carbonyl (C=O) groups excluding carboxylic acids is 1. The predicted octanol–water partition coefficient (Wildman–Crippen LogP) is 5.27. The number of nitro benzene ring substituents is 1. The summed E-state index contributed by atoms with van der Waals surface area (Å²) in [6, 6.07) is 20.0. The van der Waals surface area contributed by atoms with E-state index in [0.29, 0.717) is 45.9 Å². The summed E-state index contributed by atoms with van der Waals surface area (Å²) in [6.45, 7) is 0.303. The van der Waals surface area contributed by atoms with Crippen LogP contribution >= 0.6 is 12.2 Å². The minimum atomic E-state index is -0.482. The molecule has 5 rings (SSSR count). The van der Waals surface area contributed by atoms with Crippen molar-refractivity contribution in [1.82, 2.24) is 15.2 Å². The largest absolute Gasteiger partial charge is 0.496 e. The molecule has 3 heterocycles. The second-order valence-corrected chi connectivity index (χ2v) is 9.55. The smallest absolute Gasteiger partial charge is 0.273 e. The summed E-state index contributed by atoms with van der Waals surface area (Å²) in [5.74, 6) is 1.73. The number of ether oxygens (including phenoxy) is 2. The Balaban J connectivity index is 1.43. The number of anilines is 1. The highest BCUT2D eigenvalue weighted by Gasteiger charge is 2.41. The summed E-state index contributed by atoms with van der Waals surface area (Å²) in [5.41, 5.74) is 1.81. The lowest BCUT2D eigenvalue weighted by molar-refractivity contribution is -0.384. The number of hydrogen-bond donors (Lipinski definition) is 2. The van der Waals surface area contributed by atoms with Crippen molar-refractivity contribution >= 4 is 34.6 Å². The van der Waals surface area contributed by atoms with E-state index < -0.39 is 11.0 Å². The maximum absolute atomic E-state index is 12.9. The lowest BCUT2D eigenvalue weighted by Gasteiger charge is -2.26. The zero-order valence-electron chi connectivity index (χ0n) is 22.3.